The van der Waals surface area contributed by atoms with Gasteiger partial charge in [0.1, 0.15) is 30.6 Å². The minimum atomic E-state index is 0.102. The zero-order chi connectivity index (χ0) is 14.4. The van der Waals surface area contributed by atoms with Crippen LogP contribution in [0.5, 0.6) is 5.75 Å². The van der Waals surface area contributed by atoms with Crippen molar-refractivity contribution in [2.24, 2.45) is 0 Å². The van der Waals surface area contributed by atoms with Gasteiger partial charge in [-0.2, -0.15) is 15.8 Å². The van der Waals surface area contributed by atoms with E-state index < -0.39 is 0 Å². The van der Waals surface area contributed by atoms with E-state index in [2.05, 4.69) is 4.98 Å². The molecule has 0 aliphatic carbocycles. The van der Waals surface area contributed by atoms with Crippen molar-refractivity contribution in [2.45, 2.75) is 6.54 Å². The average molecular weight is 263 g/mol. The largest absolute Gasteiger partial charge is 0.490 e. The molecular formula is C14H9N5O. The second-order valence-corrected chi connectivity index (χ2v) is 3.82. The van der Waals surface area contributed by atoms with Crippen molar-refractivity contribution in [3.05, 3.63) is 47.5 Å². The molecule has 2 aromatic rings. The fourth-order valence-electron chi connectivity index (χ4n) is 1.69. The van der Waals surface area contributed by atoms with E-state index >= 15 is 0 Å². The number of nitrogens with zero attached hydrogens (tertiary/aromatic N) is 5. The maximum atomic E-state index is 8.97. The Kier molecular flexibility index (Phi) is 3.97. The number of para-hydroxylation sites is 1. The van der Waals surface area contributed by atoms with Crippen LogP contribution < -0.4 is 4.74 Å². The molecule has 0 amide bonds. The molecule has 0 bridgehead atoms. The van der Waals surface area contributed by atoms with E-state index in [0.29, 0.717) is 17.9 Å². The number of hydrogen-bond donors (Lipinski definition) is 0. The van der Waals surface area contributed by atoms with E-state index in [-0.39, 0.29) is 18.0 Å². The predicted octanol–water partition coefficient (Wildman–Crippen LogP) is 1.58. The van der Waals surface area contributed by atoms with Crippen molar-refractivity contribution in [3.63, 3.8) is 0 Å². The van der Waals surface area contributed by atoms with E-state index in [9.17, 15) is 0 Å². The van der Waals surface area contributed by atoms with Crippen molar-refractivity contribution in [1.82, 2.24) is 9.55 Å². The lowest BCUT2D eigenvalue weighted by atomic mass is 10.2. The first-order chi connectivity index (χ1) is 9.80. The summed E-state index contributed by atoms with van der Waals surface area (Å²) < 4.78 is 7.06. The van der Waals surface area contributed by atoms with Gasteiger partial charge in [-0.1, -0.05) is 12.1 Å². The van der Waals surface area contributed by atoms with E-state index in [1.54, 1.807) is 28.8 Å². The van der Waals surface area contributed by atoms with Crippen LogP contribution in [-0.2, 0) is 6.54 Å². The Labute approximate surface area is 115 Å². The van der Waals surface area contributed by atoms with Gasteiger partial charge in [-0.05, 0) is 12.1 Å². The Morgan fingerprint density at radius 1 is 1.10 bits per heavy atom. The Hall–Kier alpha value is -3.30. The molecule has 2 rings (SSSR count). The van der Waals surface area contributed by atoms with Gasteiger partial charge in [-0.15, -0.1) is 0 Å². The molecule has 0 N–H and O–H groups in total. The molecule has 0 saturated carbocycles. The number of ether oxygens (including phenoxy) is 1. The van der Waals surface area contributed by atoms with E-state index in [4.69, 9.17) is 20.5 Å². The van der Waals surface area contributed by atoms with E-state index in [0.717, 1.165) is 0 Å². The number of hydrogen-bond acceptors (Lipinski definition) is 5. The second kappa shape index (κ2) is 6.04. The number of aromatic nitrogens is 2. The third-order valence-corrected chi connectivity index (χ3v) is 2.65. The van der Waals surface area contributed by atoms with Crippen LogP contribution in [0.4, 0.5) is 0 Å². The predicted molar refractivity (Wildman–Crippen MR) is 68.3 cm³/mol. The summed E-state index contributed by atoms with van der Waals surface area (Å²) in [5.41, 5.74) is 0.769. The smallest absolute Gasteiger partial charge is 0.176 e. The fourth-order valence-corrected chi connectivity index (χ4v) is 1.69. The van der Waals surface area contributed by atoms with Gasteiger partial charge in [0.05, 0.1) is 18.4 Å². The number of nitriles is 3. The van der Waals surface area contributed by atoms with Gasteiger partial charge in [-0.3, -0.25) is 0 Å². The molecule has 1 aromatic heterocycles. The lowest BCUT2D eigenvalue weighted by molar-refractivity contribution is 0.297. The van der Waals surface area contributed by atoms with Gasteiger partial charge in [0.2, 0.25) is 0 Å². The number of imidazole rings is 1. The normalized spacial score (nSPS) is 9.25. The molecule has 0 aliphatic heterocycles. The summed E-state index contributed by atoms with van der Waals surface area (Å²) in [5, 5.41) is 26.7. The molecular weight excluding hydrogens is 254 g/mol. The maximum absolute atomic E-state index is 8.97. The first-order valence-electron chi connectivity index (χ1n) is 5.77. The highest BCUT2D eigenvalue weighted by Gasteiger charge is 2.10. The highest BCUT2D eigenvalue weighted by molar-refractivity contribution is 5.42. The Morgan fingerprint density at radius 3 is 2.60 bits per heavy atom. The summed E-state index contributed by atoms with van der Waals surface area (Å²) >= 11 is 0. The van der Waals surface area contributed by atoms with E-state index in [1.165, 1.54) is 6.33 Å². The van der Waals surface area contributed by atoms with Crippen LogP contribution in [0.1, 0.15) is 17.0 Å². The van der Waals surface area contributed by atoms with Crippen LogP contribution in [0.25, 0.3) is 0 Å². The van der Waals surface area contributed by atoms with Crippen LogP contribution in [0, 0.1) is 34.0 Å². The van der Waals surface area contributed by atoms with Crippen LogP contribution >= 0.6 is 0 Å². The Morgan fingerprint density at radius 2 is 1.90 bits per heavy atom. The van der Waals surface area contributed by atoms with Crippen molar-refractivity contribution < 1.29 is 4.74 Å². The van der Waals surface area contributed by atoms with E-state index in [1.807, 2.05) is 18.2 Å². The molecule has 0 spiro atoms. The van der Waals surface area contributed by atoms with Crippen LogP contribution in [0.15, 0.2) is 30.6 Å². The zero-order valence-electron chi connectivity index (χ0n) is 10.4. The topological polar surface area (TPSA) is 98.4 Å². The first-order valence-corrected chi connectivity index (χ1v) is 5.77. The van der Waals surface area contributed by atoms with Gasteiger partial charge in [0.25, 0.3) is 0 Å². The number of benzene rings is 1. The molecule has 6 heteroatoms. The van der Waals surface area contributed by atoms with Gasteiger partial charge in [0.15, 0.2) is 11.4 Å². The highest BCUT2D eigenvalue weighted by Crippen LogP contribution is 2.16. The monoisotopic (exact) mass is 263 g/mol. The molecule has 0 saturated heterocycles. The quantitative estimate of drug-likeness (QED) is 0.833. The summed E-state index contributed by atoms with van der Waals surface area (Å²) in [4.78, 5) is 3.84. The molecule has 20 heavy (non-hydrogen) atoms. The van der Waals surface area contributed by atoms with Gasteiger partial charge in [-0.25, -0.2) is 4.98 Å². The van der Waals surface area contributed by atoms with Crippen molar-refractivity contribution in [1.29, 1.82) is 15.8 Å². The molecule has 0 unspecified atom stereocenters. The second-order valence-electron chi connectivity index (χ2n) is 3.82. The standard InChI is InChI=1S/C14H9N5O/c15-7-11-3-1-2-4-14(11)20-6-5-19-10-18-12(8-16)13(19)9-17/h1-4,10H,5-6H2. The average Bonchev–Trinajstić information content (AvgIpc) is 2.89. The van der Waals surface area contributed by atoms with Crippen LogP contribution in [0.2, 0.25) is 0 Å². The maximum Gasteiger partial charge on any atom is 0.176 e. The lowest BCUT2D eigenvalue weighted by Gasteiger charge is -2.08. The first kappa shape index (κ1) is 13.1. The zero-order valence-corrected chi connectivity index (χ0v) is 10.4. The molecule has 6 nitrogen and oxygen atoms in total. The summed E-state index contributed by atoms with van der Waals surface area (Å²) in [5.74, 6) is 0.495. The van der Waals surface area contributed by atoms with Crippen molar-refractivity contribution >= 4 is 0 Å². The van der Waals surface area contributed by atoms with Crippen molar-refractivity contribution in [2.75, 3.05) is 6.61 Å². The Bertz CT molecular complexity index is 742. The van der Waals surface area contributed by atoms with Gasteiger partial charge in [0, 0.05) is 0 Å². The lowest BCUT2D eigenvalue weighted by Crippen LogP contribution is -2.09. The third kappa shape index (κ3) is 2.58. The molecule has 0 aliphatic rings. The SMILES string of the molecule is N#Cc1ccccc1OCCn1cnc(C#N)c1C#N. The fraction of sp³-hybridized carbons (Fsp3) is 0.143. The molecule has 0 fully saturated rings. The van der Waals surface area contributed by atoms with Crippen LogP contribution in [0.3, 0.4) is 0 Å². The minimum absolute atomic E-state index is 0.102. The van der Waals surface area contributed by atoms with Crippen LogP contribution in [-0.4, -0.2) is 16.2 Å². The van der Waals surface area contributed by atoms with Gasteiger partial charge < -0.3 is 9.30 Å². The molecule has 1 aromatic carbocycles. The third-order valence-electron chi connectivity index (χ3n) is 2.65. The summed E-state index contributed by atoms with van der Waals surface area (Å²) in [6.45, 7) is 0.645. The molecule has 0 radical (unpaired) electrons. The van der Waals surface area contributed by atoms with Crippen molar-refractivity contribution in [3.8, 4) is 24.0 Å². The summed E-state index contributed by atoms with van der Waals surface area (Å²) in [7, 11) is 0. The molecule has 0 atom stereocenters. The molecule has 1 heterocycles. The van der Waals surface area contributed by atoms with Gasteiger partial charge >= 0.3 is 0 Å². The highest BCUT2D eigenvalue weighted by atomic mass is 16.5. The summed E-state index contributed by atoms with van der Waals surface area (Å²) in [6, 6.07) is 12.7. The summed E-state index contributed by atoms with van der Waals surface area (Å²) in [6.07, 6.45) is 1.43. The Balaban J connectivity index is 2.05. The minimum Gasteiger partial charge on any atom is -0.490 e. The number of rotatable bonds is 4. The molecule has 96 valence electrons.